The number of esters is 1. The number of benzene rings is 2. The highest BCUT2D eigenvalue weighted by molar-refractivity contribution is 6.04. The topological polar surface area (TPSA) is 87.7 Å². The lowest BCUT2D eigenvalue weighted by Crippen LogP contribution is -2.43. The number of piperidine rings is 1. The number of hydrogen-bond acceptors (Lipinski definition) is 5. The summed E-state index contributed by atoms with van der Waals surface area (Å²) >= 11 is 0. The second-order valence-electron chi connectivity index (χ2n) is 7.87. The third-order valence-electron chi connectivity index (χ3n) is 5.48. The summed E-state index contributed by atoms with van der Waals surface area (Å²) in [4.78, 5) is 38.5. The molecule has 0 spiro atoms. The highest BCUT2D eigenvalue weighted by Crippen LogP contribution is 2.30. The zero-order valence-electron chi connectivity index (χ0n) is 18.7. The smallest absolute Gasteiger partial charge is 0.416 e. The second-order valence-corrected chi connectivity index (χ2v) is 7.87. The Morgan fingerprint density at radius 2 is 1.71 bits per heavy atom. The molecule has 0 aliphatic carbocycles. The monoisotopic (exact) mass is 477 g/mol. The third-order valence-corrected chi connectivity index (χ3v) is 5.48. The van der Waals surface area contributed by atoms with E-state index in [0.29, 0.717) is 38.2 Å². The molecule has 182 valence electrons. The fraction of sp³-hybridized carbons (Fsp3) is 0.375. The number of rotatable bonds is 7. The predicted molar refractivity (Wildman–Crippen MR) is 120 cm³/mol. The van der Waals surface area contributed by atoms with E-state index in [1.54, 1.807) is 24.0 Å². The number of amides is 2. The first-order chi connectivity index (χ1) is 16.2. The lowest BCUT2D eigenvalue weighted by atomic mass is 9.97. The minimum atomic E-state index is -4.51. The molecule has 10 heteroatoms. The molecule has 2 aromatic rings. The van der Waals surface area contributed by atoms with Crippen molar-refractivity contribution in [3.8, 4) is 0 Å². The molecule has 1 aliphatic heterocycles. The van der Waals surface area contributed by atoms with Gasteiger partial charge in [0, 0.05) is 30.0 Å². The molecule has 34 heavy (non-hydrogen) atoms. The van der Waals surface area contributed by atoms with Crippen molar-refractivity contribution in [1.29, 1.82) is 0 Å². The standard InChI is InChI=1S/C24H26F3N3O4/c1-2-34-23(33)16-9-11-30(12-10-16)21(31)15-28-19-7-3-5-17(13-19)22(32)29-20-8-4-6-18(14-20)24(25,26)27/h3-8,13-14,16,28H,2,9-12,15H2,1H3,(H,29,32). The van der Waals surface area contributed by atoms with Gasteiger partial charge in [-0.25, -0.2) is 0 Å². The second kappa shape index (κ2) is 11.0. The van der Waals surface area contributed by atoms with Crippen LogP contribution < -0.4 is 10.6 Å². The van der Waals surface area contributed by atoms with Crippen LogP contribution in [0.4, 0.5) is 24.5 Å². The van der Waals surface area contributed by atoms with Gasteiger partial charge in [0.15, 0.2) is 0 Å². The summed E-state index contributed by atoms with van der Waals surface area (Å²) in [5.41, 5.74) is -0.0818. The summed E-state index contributed by atoms with van der Waals surface area (Å²) in [6.07, 6.45) is -3.41. The van der Waals surface area contributed by atoms with E-state index < -0.39 is 17.6 Å². The van der Waals surface area contributed by atoms with Gasteiger partial charge < -0.3 is 20.3 Å². The maximum absolute atomic E-state index is 12.9. The van der Waals surface area contributed by atoms with E-state index in [9.17, 15) is 27.6 Å². The molecule has 0 unspecified atom stereocenters. The van der Waals surface area contributed by atoms with Gasteiger partial charge in [-0.3, -0.25) is 14.4 Å². The van der Waals surface area contributed by atoms with E-state index in [1.807, 2.05) is 0 Å². The molecule has 2 N–H and O–H groups in total. The number of nitrogens with one attached hydrogen (secondary N) is 2. The van der Waals surface area contributed by atoms with Gasteiger partial charge in [0.2, 0.25) is 5.91 Å². The highest BCUT2D eigenvalue weighted by Gasteiger charge is 2.30. The number of carbonyl (C=O) groups excluding carboxylic acids is 3. The quantitative estimate of drug-likeness (QED) is 0.585. The fourth-order valence-electron chi connectivity index (χ4n) is 3.66. The summed E-state index contributed by atoms with van der Waals surface area (Å²) in [5, 5.41) is 5.43. The first-order valence-electron chi connectivity index (χ1n) is 10.9. The van der Waals surface area contributed by atoms with Gasteiger partial charge in [-0.05, 0) is 56.2 Å². The van der Waals surface area contributed by atoms with Crippen LogP contribution in [0.25, 0.3) is 0 Å². The van der Waals surface area contributed by atoms with Crippen LogP contribution in [0.3, 0.4) is 0 Å². The summed E-state index contributed by atoms with van der Waals surface area (Å²) in [5.74, 6) is -1.13. The Kier molecular flexibility index (Phi) is 8.14. The van der Waals surface area contributed by atoms with Gasteiger partial charge in [0.05, 0.1) is 24.6 Å². The van der Waals surface area contributed by atoms with Crippen LogP contribution >= 0.6 is 0 Å². The maximum atomic E-state index is 12.9. The number of halogens is 3. The molecule has 1 fully saturated rings. The average molecular weight is 477 g/mol. The van der Waals surface area contributed by atoms with Gasteiger partial charge in [-0.2, -0.15) is 13.2 Å². The van der Waals surface area contributed by atoms with Crippen molar-refractivity contribution in [2.75, 3.05) is 36.9 Å². The van der Waals surface area contributed by atoms with Gasteiger partial charge in [0.25, 0.3) is 5.91 Å². The molecule has 1 heterocycles. The van der Waals surface area contributed by atoms with Crippen LogP contribution in [0.2, 0.25) is 0 Å². The van der Waals surface area contributed by atoms with Crippen molar-refractivity contribution in [2.24, 2.45) is 5.92 Å². The van der Waals surface area contributed by atoms with Crippen molar-refractivity contribution in [3.05, 3.63) is 59.7 Å². The Morgan fingerprint density at radius 3 is 2.38 bits per heavy atom. The minimum absolute atomic E-state index is 0.00275. The molecule has 3 rings (SSSR count). The van der Waals surface area contributed by atoms with Crippen LogP contribution in [0, 0.1) is 5.92 Å². The van der Waals surface area contributed by atoms with E-state index in [-0.39, 0.29) is 35.6 Å². The van der Waals surface area contributed by atoms with Crippen LogP contribution in [0.15, 0.2) is 48.5 Å². The average Bonchev–Trinajstić information content (AvgIpc) is 2.82. The van der Waals surface area contributed by atoms with E-state index in [1.165, 1.54) is 24.3 Å². The lowest BCUT2D eigenvalue weighted by Gasteiger charge is -2.31. The van der Waals surface area contributed by atoms with Gasteiger partial charge >= 0.3 is 12.1 Å². The molecular weight excluding hydrogens is 451 g/mol. The largest absolute Gasteiger partial charge is 0.466 e. The Balaban J connectivity index is 1.53. The third kappa shape index (κ3) is 6.72. The van der Waals surface area contributed by atoms with E-state index >= 15 is 0 Å². The van der Waals surface area contributed by atoms with Crippen LogP contribution in [0.5, 0.6) is 0 Å². The van der Waals surface area contributed by atoms with E-state index in [0.717, 1.165) is 12.1 Å². The van der Waals surface area contributed by atoms with Crippen LogP contribution in [0.1, 0.15) is 35.7 Å². The van der Waals surface area contributed by atoms with Crippen molar-refractivity contribution in [1.82, 2.24) is 4.90 Å². The van der Waals surface area contributed by atoms with Crippen molar-refractivity contribution in [3.63, 3.8) is 0 Å². The van der Waals surface area contributed by atoms with Crippen molar-refractivity contribution >= 4 is 29.2 Å². The molecular formula is C24H26F3N3O4. The maximum Gasteiger partial charge on any atom is 0.416 e. The Hall–Kier alpha value is -3.56. The zero-order chi connectivity index (χ0) is 24.7. The molecule has 2 aromatic carbocycles. The summed E-state index contributed by atoms with van der Waals surface area (Å²) in [7, 11) is 0. The molecule has 0 bridgehead atoms. The SMILES string of the molecule is CCOC(=O)C1CCN(C(=O)CNc2cccc(C(=O)Nc3cccc(C(F)(F)F)c3)c2)CC1. The summed E-state index contributed by atoms with van der Waals surface area (Å²) < 4.78 is 43.7. The summed E-state index contributed by atoms with van der Waals surface area (Å²) in [6.45, 7) is 3.01. The number of likely N-dealkylation sites (tertiary alicyclic amines) is 1. The van der Waals surface area contributed by atoms with Gasteiger partial charge in [-0.1, -0.05) is 12.1 Å². The van der Waals surface area contributed by atoms with Crippen LogP contribution in [-0.2, 0) is 20.5 Å². The molecule has 0 aromatic heterocycles. The molecule has 1 aliphatic rings. The van der Waals surface area contributed by atoms with Crippen LogP contribution in [-0.4, -0.2) is 48.9 Å². The highest BCUT2D eigenvalue weighted by atomic mass is 19.4. The van der Waals surface area contributed by atoms with Crippen molar-refractivity contribution < 1.29 is 32.3 Å². The molecule has 0 radical (unpaired) electrons. The Bertz CT molecular complexity index is 1030. The first kappa shape index (κ1) is 25.1. The Labute approximate surface area is 195 Å². The molecule has 0 atom stereocenters. The first-order valence-corrected chi connectivity index (χ1v) is 10.9. The molecule has 0 saturated carbocycles. The summed E-state index contributed by atoms with van der Waals surface area (Å²) in [6, 6.07) is 10.7. The van der Waals surface area contributed by atoms with E-state index in [4.69, 9.17) is 4.74 Å². The number of carbonyl (C=O) groups is 3. The van der Waals surface area contributed by atoms with Gasteiger partial charge in [-0.15, -0.1) is 0 Å². The Morgan fingerprint density at radius 1 is 1.03 bits per heavy atom. The normalized spacial score (nSPS) is 14.4. The number of hydrogen-bond donors (Lipinski definition) is 2. The number of nitrogens with zero attached hydrogens (tertiary/aromatic N) is 1. The minimum Gasteiger partial charge on any atom is -0.466 e. The van der Waals surface area contributed by atoms with E-state index in [2.05, 4.69) is 10.6 Å². The predicted octanol–water partition coefficient (Wildman–Crippen LogP) is 4.17. The van der Waals surface area contributed by atoms with Crippen molar-refractivity contribution in [2.45, 2.75) is 25.9 Å². The van der Waals surface area contributed by atoms with Gasteiger partial charge in [0.1, 0.15) is 0 Å². The zero-order valence-corrected chi connectivity index (χ0v) is 18.7. The number of alkyl halides is 3. The lowest BCUT2D eigenvalue weighted by molar-refractivity contribution is -0.151. The number of anilines is 2. The fourth-order valence-corrected chi connectivity index (χ4v) is 3.66. The number of ether oxygens (including phenoxy) is 1. The molecule has 7 nitrogen and oxygen atoms in total. The molecule has 1 saturated heterocycles. The molecule has 2 amide bonds.